The van der Waals surface area contributed by atoms with Crippen molar-refractivity contribution in [2.45, 2.75) is 52.2 Å². The number of benzene rings is 1. The van der Waals surface area contributed by atoms with Crippen LogP contribution in [0, 0.1) is 6.92 Å². The van der Waals surface area contributed by atoms with E-state index in [1.165, 1.54) is 24.8 Å². The van der Waals surface area contributed by atoms with Gasteiger partial charge in [-0.15, -0.1) is 0 Å². The third kappa shape index (κ3) is 4.85. The highest BCUT2D eigenvalue weighted by Gasteiger charge is 2.18. The second-order valence-corrected chi connectivity index (χ2v) is 7.31. The van der Waals surface area contributed by atoms with E-state index in [1.54, 1.807) is 18.1 Å². The topological polar surface area (TPSA) is 64.3 Å². The maximum absolute atomic E-state index is 12.4. The van der Waals surface area contributed by atoms with Crippen molar-refractivity contribution in [3.05, 3.63) is 47.5 Å². The molecule has 1 aliphatic rings. The Morgan fingerprint density at radius 3 is 3.00 bits per heavy atom. The molecule has 0 aliphatic carbocycles. The average Bonchev–Trinajstić information content (AvgIpc) is 3.02. The quantitative estimate of drug-likeness (QED) is 0.858. The maximum Gasteiger partial charge on any atom is 0.321 e. The molecule has 1 atom stereocenters. The summed E-state index contributed by atoms with van der Waals surface area (Å²) in [7, 11) is 1.77. The van der Waals surface area contributed by atoms with E-state index >= 15 is 0 Å². The molecular weight excluding hydrogens is 326 g/mol. The minimum Gasteiger partial charge on any atom is -0.345 e. The third-order valence-electron chi connectivity index (χ3n) is 4.99. The number of carbonyl (C=O) groups is 1. The molecule has 6 heteroatoms. The van der Waals surface area contributed by atoms with Crippen LogP contribution in [0.15, 0.2) is 30.5 Å². The molecule has 0 unspecified atom stereocenters. The zero-order chi connectivity index (χ0) is 18.5. The predicted octanol–water partition coefficient (Wildman–Crippen LogP) is 3.76. The van der Waals surface area contributed by atoms with E-state index in [0.29, 0.717) is 12.6 Å². The number of nitrogens with zero attached hydrogens (tertiary/aromatic N) is 3. The van der Waals surface area contributed by atoms with E-state index in [2.05, 4.69) is 39.2 Å². The minimum atomic E-state index is -0.137. The first-order valence-electron chi connectivity index (χ1n) is 9.37. The Kier molecular flexibility index (Phi) is 5.93. The number of rotatable bonds is 5. The smallest absolute Gasteiger partial charge is 0.321 e. The van der Waals surface area contributed by atoms with Gasteiger partial charge in [0.2, 0.25) is 0 Å². The van der Waals surface area contributed by atoms with Crippen LogP contribution in [0.1, 0.15) is 43.3 Å². The molecule has 2 heterocycles. The SMILES string of the molecule is Cc1cnc(CN(C)C(=O)Nc2cccc(CN3CCCC[C@H]3C)c2)[nH]1. The lowest BCUT2D eigenvalue weighted by Gasteiger charge is -2.33. The summed E-state index contributed by atoms with van der Waals surface area (Å²) in [4.78, 5) is 24.0. The number of imidazole rings is 1. The Morgan fingerprint density at radius 2 is 2.27 bits per heavy atom. The molecule has 1 aromatic heterocycles. The summed E-state index contributed by atoms with van der Waals surface area (Å²) in [5, 5.41) is 2.98. The van der Waals surface area contributed by atoms with E-state index < -0.39 is 0 Å². The zero-order valence-corrected chi connectivity index (χ0v) is 16.0. The van der Waals surface area contributed by atoms with Crippen LogP contribution in [-0.4, -0.2) is 45.4 Å². The first-order chi connectivity index (χ1) is 12.5. The Hall–Kier alpha value is -2.34. The fraction of sp³-hybridized carbons (Fsp3) is 0.500. The number of aryl methyl sites for hydroxylation is 1. The summed E-state index contributed by atoms with van der Waals surface area (Å²) >= 11 is 0. The molecule has 1 saturated heterocycles. The van der Waals surface area contributed by atoms with Crippen LogP contribution < -0.4 is 5.32 Å². The summed E-state index contributed by atoms with van der Waals surface area (Å²) in [6.07, 6.45) is 5.65. The van der Waals surface area contributed by atoms with Crippen LogP contribution in [0.3, 0.4) is 0 Å². The van der Waals surface area contributed by atoms with Crippen LogP contribution in [0.5, 0.6) is 0 Å². The van der Waals surface area contributed by atoms with Crippen LogP contribution in [0.25, 0.3) is 0 Å². The predicted molar refractivity (Wildman–Crippen MR) is 104 cm³/mol. The number of hydrogen-bond donors (Lipinski definition) is 2. The number of aromatic amines is 1. The molecule has 1 aromatic carbocycles. The summed E-state index contributed by atoms with van der Waals surface area (Å²) in [5.41, 5.74) is 3.06. The van der Waals surface area contributed by atoms with Gasteiger partial charge in [-0.1, -0.05) is 18.6 Å². The van der Waals surface area contributed by atoms with Crippen LogP contribution in [-0.2, 0) is 13.1 Å². The lowest BCUT2D eigenvalue weighted by molar-refractivity contribution is 0.152. The van der Waals surface area contributed by atoms with E-state index in [9.17, 15) is 4.79 Å². The van der Waals surface area contributed by atoms with Gasteiger partial charge in [0.25, 0.3) is 0 Å². The molecule has 3 rings (SSSR count). The summed E-state index contributed by atoms with van der Waals surface area (Å²) in [6, 6.07) is 8.64. The molecular formula is C20H29N5O. The second-order valence-electron chi connectivity index (χ2n) is 7.31. The van der Waals surface area contributed by atoms with Gasteiger partial charge in [-0.25, -0.2) is 9.78 Å². The van der Waals surface area contributed by atoms with E-state index in [4.69, 9.17) is 0 Å². The number of likely N-dealkylation sites (tertiary alicyclic amines) is 1. The highest BCUT2D eigenvalue weighted by Crippen LogP contribution is 2.20. The van der Waals surface area contributed by atoms with Crippen molar-refractivity contribution in [2.24, 2.45) is 0 Å². The van der Waals surface area contributed by atoms with Crippen molar-refractivity contribution < 1.29 is 4.79 Å². The van der Waals surface area contributed by atoms with Gasteiger partial charge in [-0.2, -0.15) is 0 Å². The standard InChI is InChI=1S/C20H29N5O/c1-15-12-21-19(22-15)14-24(3)20(26)23-18-9-6-8-17(11-18)13-25-10-5-4-7-16(25)2/h6,8-9,11-12,16H,4-5,7,10,13-14H2,1-3H3,(H,21,22)(H,23,26)/t16-/m1/s1. The van der Waals surface area contributed by atoms with Gasteiger partial charge in [-0.3, -0.25) is 4.90 Å². The second kappa shape index (κ2) is 8.36. The van der Waals surface area contributed by atoms with E-state index in [0.717, 1.165) is 30.3 Å². The molecule has 2 aromatic rings. The first-order valence-corrected chi connectivity index (χ1v) is 9.37. The van der Waals surface area contributed by atoms with Gasteiger partial charge in [0, 0.05) is 37.2 Å². The molecule has 0 bridgehead atoms. The molecule has 26 heavy (non-hydrogen) atoms. The number of piperidine rings is 1. The van der Waals surface area contributed by atoms with E-state index in [-0.39, 0.29) is 6.03 Å². The Balaban J connectivity index is 1.58. The lowest BCUT2D eigenvalue weighted by Crippen LogP contribution is -2.36. The average molecular weight is 355 g/mol. The molecule has 0 spiro atoms. The van der Waals surface area contributed by atoms with Crippen molar-refractivity contribution in [3.8, 4) is 0 Å². The van der Waals surface area contributed by atoms with Gasteiger partial charge < -0.3 is 15.2 Å². The highest BCUT2D eigenvalue weighted by atomic mass is 16.2. The van der Waals surface area contributed by atoms with Gasteiger partial charge in [-0.05, 0) is 50.9 Å². The lowest BCUT2D eigenvalue weighted by atomic mass is 10.0. The van der Waals surface area contributed by atoms with Gasteiger partial charge >= 0.3 is 6.03 Å². The van der Waals surface area contributed by atoms with Crippen molar-refractivity contribution in [1.82, 2.24) is 19.8 Å². The zero-order valence-electron chi connectivity index (χ0n) is 16.0. The molecule has 0 saturated carbocycles. The largest absolute Gasteiger partial charge is 0.345 e. The van der Waals surface area contributed by atoms with Gasteiger partial charge in [0.1, 0.15) is 5.82 Å². The van der Waals surface area contributed by atoms with Crippen molar-refractivity contribution in [2.75, 3.05) is 18.9 Å². The number of urea groups is 1. The summed E-state index contributed by atoms with van der Waals surface area (Å²) in [6.45, 7) is 6.79. The number of carbonyl (C=O) groups excluding carboxylic acids is 1. The normalized spacial score (nSPS) is 17.9. The van der Waals surface area contributed by atoms with Crippen molar-refractivity contribution >= 4 is 11.7 Å². The number of H-pyrrole nitrogens is 1. The number of anilines is 1. The molecule has 1 fully saturated rings. The number of amides is 2. The molecule has 2 N–H and O–H groups in total. The van der Waals surface area contributed by atoms with Crippen molar-refractivity contribution in [3.63, 3.8) is 0 Å². The van der Waals surface area contributed by atoms with Crippen LogP contribution >= 0.6 is 0 Å². The first kappa shape index (κ1) is 18.5. The molecule has 0 radical (unpaired) electrons. The van der Waals surface area contributed by atoms with E-state index in [1.807, 2.05) is 19.1 Å². The maximum atomic E-state index is 12.4. The molecule has 140 valence electrons. The van der Waals surface area contributed by atoms with Crippen LogP contribution in [0.2, 0.25) is 0 Å². The Morgan fingerprint density at radius 1 is 1.42 bits per heavy atom. The van der Waals surface area contributed by atoms with Gasteiger partial charge in [0.15, 0.2) is 0 Å². The Labute approximate surface area is 155 Å². The summed E-state index contributed by atoms with van der Waals surface area (Å²) in [5.74, 6) is 0.785. The monoisotopic (exact) mass is 355 g/mol. The minimum absolute atomic E-state index is 0.137. The Bertz CT molecular complexity index is 741. The number of aromatic nitrogens is 2. The molecule has 2 amide bonds. The number of nitrogens with one attached hydrogen (secondary N) is 2. The van der Waals surface area contributed by atoms with Gasteiger partial charge in [0.05, 0.1) is 6.54 Å². The molecule has 6 nitrogen and oxygen atoms in total. The number of hydrogen-bond acceptors (Lipinski definition) is 3. The van der Waals surface area contributed by atoms with Crippen molar-refractivity contribution in [1.29, 1.82) is 0 Å². The fourth-order valence-corrected chi connectivity index (χ4v) is 3.44. The fourth-order valence-electron chi connectivity index (χ4n) is 3.44. The highest BCUT2D eigenvalue weighted by molar-refractivity contribution is 5.89. The molecule has 1 aliphatic heterocycles. The van der Waals surface area contributed by atoms with Crippen LogP contribution in [0.4, 0.5) is 10.5 Å². The summed E-state index contributed by atoms with van der Waals surface area (Å²) < 4.78 is 0. The third-order valence-corrected chi connectivity index (χ3v) is 4.99.